The van der Waals surface area contributed by atoms with Crippen LogP contribution < -0.4 is 14.2 Å². The van der Waals surface area contributed by atoms with E-state index in [-0.39, 0.29) is 22.2 Å². The first kappa shape index (κ1) is 20.7. The van der Waals surface area contributed by atoms with Gasteiger partial charge in [0, 0.05) is 24.8 Å². The Hall–Kier alpha value is -3.53. The van der Waals surface area contributed by atoms with Crippen molar-refractivity contribution in [2.24, 2.45) is 7.05 Å². The molecule has 0 unspecified atom stereocenters. The maximum Gasteiger partial charge on any atom is 0.270 e. The molecule has 0 fully saturated rings. The zero-order chi connectivity index (χ0) is 22.2. The van der Waals surface area contributed by atoms with Crippen molar-refractivity contribution in [2.75, 3.05) is 18.9 Å². The van der Waals surface area contributed by atoms with Crippen molar-refractivity contribution < 1.29 is 17.9 Å². The summed E-state index contributed by atoms with van der Waals surface area (Å²) in [6, 6.07) is 10.7. The average Bonchev–Trinajstić information content (AvgIpc) is 3.35. The van der Waals surface area contributed by atoms with Crippen LogP contribution in [0.2, 0.25) is 0 Å². The van der Waals surface area contributed by atoms with E-state index in [1.54, 1.807) is 36.1 Å². The normalized spacial score (nSPS) is 11.6. The third kappa shape index (κ3) is 3.81. The van der Waals surface area contributed by atoms with Gasteiger partial charge in [-0.05, 0) is 42.3 Å². The molecule has 0 aliphatic carbocycles. The quantitative estimate of drug-likeness (QED) is 0.473. The van der Waals surface area contributed by atoms with Crippen molar-refractivity contribution in [1.82, 2.24) is 19.6 Å². The molecule has 0 atom stereocenters. The molecule has 0 radical (unpaired) electrons. The van der Waals surface area contributed by atoms with Gasteiger partial charge in [0.15, 0.2) is 10.7 Å². The van der Waals surface area contributed by atoms with Gasteiger partial charge >= 0.3 is 0 Å². The highest BCUT2D eigenvalue weighted by molar-refractivity contribution is 7.93. The Morgan fingerprint density at radius 1 is 1.10 bits per heavy atom. The molecule has 0 amide bonds. The van der Waals surface area contributed by atoms with E-state index in [1.807, 2.05) is 36.0 Å². The van der Waals surface area contributed by atoms with E-state index < -0.39 is 10.0 Å². The molecule has 0 saturated heterocycles. The van der Waals surface area contributed by atoms with Gasteiger partial charge in [0.05, 0.1) is 26.3 Å². The van der Waals surface area contributed by atoms with Gasteiger partial charge in [-0.1, -0.05) is 12.1 Å². The van der Waals surface area contributed by atoms with Crippen LogP contribution in [-0.4, -0.2) is 42.2 Å². The predicted molar refractivity (Wildman–Crippen MR) is 117 cm³/mol. The summed E-state index contributed by atoms with van der Waals surface area (Å²) in [5.74, 6) is 0.615. The topological polar surface area (TPSA) is 100 Å². The highest BCUT2D eigenvalue weighted by Gasteiger charge is 2.27. The van der Waals surface area contributed by atoms with Crippen LogP contribution >= 0.6 is 0 Å². The number of hydrogen-bond donors (Lipinski definition) is 1. The summed E-state index contributed by atoms with van der Waals surface area (Å²) in [5, 5.41) is 9.40. The molecule has 31 heavy (non-hydrogen) atoms. The Morgan fingerprint density at radius 2 is 1.81 bits per heavy atom. The van der Waals surface area contributed by atoms with Crippen molar-refractivity contribution in [3.8, 4) is 11.5 Å². The second kappa shape index (κ2) is 7.95. The Kier molecular flexibility index (Phi) is 5.32. The standard InChI is InChI=1S/C21H23N5O4S/c1-14-11-15(13-26-10-6-9-22-26)12-16-19(14)21(23-25(16)2)24-31(27,28)20-17(29-3)7-5-8-18(20)30-4/h5-12H,13H2,1-4H3,(H,23,24). The summed E-state index contributed by atoms with van der Waals surface area (Å²) in [5.41, 5.74) is 2.75. The first-order valence-electron chi connectivity index (χ1n) is 9.51. The van der Waals surface area contributed by atoms with Crippen LogP contribution in [0, 0.1) is 6.92 Å². The number of ether oxygens (including phenoxy) is 2. The lowest BCUT2D eigenvalue weighted by atomic mass is 10.1. The van der Waals surface area contributed by atoms with Crippen LogP contribution in [0.3, 0.4) is 0 Å². The van der Waals surface area contributed by atoms with Gasteiger partial charge in [0.25, 0.3) is 10.0 Å². The fourth-order valence-corrected chi connectivity index (χ4v) is 4.99. The van der Waals surface area contributed by atoms with Gasteiger partial charge in [-0.3, -0.25) is 14.1 Å². The second-order valence-electron chi connectivity index (χ2n) is 7.08. The number of anilines is 1. The van der Waals surface area contributed by atoms with Gasteiger partial charge in [-0.25, -0.2) is 8.42 Å². The lowest BCUT2D eigenvalue weighted by molar-refractivity contribution is 0.373. The summed E-state index contributed by atoms with van der Waals surface area (Å²) in [6.07, 6.45) is 3.62. The molecular formula is C21H23N5O4S. The van der Waals surface area contributed by atoms with E-state index in [0.717, 1.165) is 22.0 Å². The minimum atomic E-state index is -4.03. The first-order chi connectivity index (χ1) is 14.8. The molecule has 0 aliphatic rings. The van der Waals surface area contributed by atoms with E-state index in [9.17, 15) is 8.42 Å². The molecule has 162 valence electrons. The Morgan fingerprint density at radius 3 is 2.42 bits per heavy atom. The van der Waals surface area contributed by atoms with Crippen molar-refractivity contribution in [2.45, 2.75) is 18.4 Å². The molecule has 1 N–H and O–H groups in total. The smallest absolute Gasteiger partial charge is 0.270 e. The number of aryl methyl sites for hydroxylation is 2. The van der Waals surface area contributed by atoms with Gasteiger partial charge < -0.3 is 9.47 Å². The first-order valence-corrected chi connectivity index (χ1v) is 11.0. The lowest BCUT2D eigenvalue weighted by Gasteiger charge is -2.14. The highest BCUT2D eigenvalue weighted by Crippen LogP contribution is 2.36. The number of nitrogens with one attached hydrogen (secondary N) is 1. The van der Waals surface area contributed by atoms with Gasteiger partial charge in [0.1, 0.15) is 11.5 Å². The van der Waals surface area contributed by atoms with Crippen molar-refractivity contribution in [3.63, 3.8) is 0 Å². The Labute approximate surface area is 180 Å². The fourth-order valence-electron chi connectivity index (χ4n) is 3.66. The number of aromatic nitrogens is 4. The zero-order valence-electron chi connectivity index (χ0n) is 17.7. The van der Waals surface area contributed by atoms with Crippen molar-refractivity contribution in [3.05, 3.63) is 59.9 Å². The maximum absolute atomic E-state index is 13.3. The number of hydrogen-bond acceptors (Lipinski definition) is 6. The highest BCUT2D eigenvalue weighted by atomic mass is 32.2. The Balaban J connectivity index is 1.78. The largest absolute Gasteiger partial charge is 0.495 e. The summed E-state index contributed by atoms with van der Waals surface area (Å²) in [4.78, 5) is -0.0771. The molecule has 2 aromatic carbocycles. The minimum absolute atomic E-state index is 0.0771. The van der Waals surface area contributed by atoms with Crippen LogP contribution in [-0.2, 0) is 23.6 Å². The third-order valence-electron chi connectivity index (χ3n) is 5.00. The summed E-state index contributed by atoms with van der Waals surface area (Å²) < 4.78 is 43.2. The van der Waals surface area contributed by atoms with Crippen LogP contribution in [0.4, 0.5) is 5.82 Å². The van der Waals surface area contributed by atoms with Gasteiger partial charge in [0.2, 0.25) is 0 Å². The molecule has 10 heteroatoms. The van der Waals surface area contributed by atoms with Crippen LogP contribution in [0.1, 0.15) is 11.1 Å². The molecule has 0 aliphatic heterocycles. The molecule has 0 bridgehead atoms. The third-order valence-corrected chi connectivity index (χ3v) is 6.40. The number of methoxy groups -OCH3 is 2. The Bertz CT molecular complexity index is 1320. The van der Waals surface area contributed by atoms with Crippen molar-refractivity contribution in [1.29, 1.82) is 0 Å². The van der Waals surface area contributed by atoms with Gasteiger partial charge in [-0.15, -0.1) is 0 Å². The predicted octanol–water partition coefficient (Wildman–Crippen LogP) is 2.94. The fraction of sp³-hybridized carbons (Fsp3) is 0.238. The zero-order valence-corrected chi connectivity index (χ0v) is 18.5. The molecule has 0 spiro atoms. The number of rotatable bonds is 7. The van der Waals surface area contributed by atoms with E-state index in [1.165, 1.54) is 14.2 Å². The van der Waals surface area contributed by atoms with E-state index in [2.05, 4.69) is 14.9 Å². The average molecular weight is 442 g/mol. The molecule has 4 rings (SSSR count). The minimum Gasteiger partial charge on any atom is -0.495 e. The van der Waals surface area contributed by atoms with E-state index in [0.29, 0.717) is 6.54 Å². The van der Waals surface area contributed by atoms with E-state index in [4.69, 9.17) is 9.47 Å². The molecule has 2 aromatic heterocycles. The van der Waals surface area contributed by atoms with Crippen LogP contribution in [0.15, 0.2) is 53.7 Å². The molecule has 9 nitrogen and oxygen atoms in total. The lowest BCUT2D eigenvalue weighted by Crippen LogP contribution is -2.16. The maximum atomic E-state index is 13.3. The van der Waals surface area contributed by atoms with Gasteiger partial charge in [-0.2, -0.15) is 10.2 Å². The van der Waals surface area contributed by atoms with Crippen molar-refractivity contribution >= 4 is 26.7 Å². The monoisotopic (exact) mass is 441 g/mol. The number of nitrogens with zero attached hydrogens (tertiary/aromatic N) is 4. The molecule has 0 saturated carbocycles. The summed E-state index contributed by atoms with van der Waals surface area (Å²) in [7, 11) is 0.568. The van der Waals surface area contributed by atoms with Crippen LogP contribution in [0.5, 0.6) is 11.5 Å². The number of sulfonamides is 1. The summed E-state index contributed by atoms with van der Waals surface area (Å²) in [6.45, 7) is 2.53. The molecular weight excluding hydrogens is 418 g/mol. The second-order valence-corrected chi connectivity index (χ2v) is 8.70. The molecule has 2 heterocycles. The molecule has 4 aromatic rings. The van der Waals surface area contributed by atoms with Crippen LogP contribution in [0.25, 0.3) is 10.9 Å². The SMILES string of the molecule is COc1cccc(OC)c1S(=O)(=O)Nc1nn(C)c2cc(Cn3cccn3)cc(C)c12. The van der Waals surface area contributed by atoms with E-state index >= 15 is 0 Å². The number of benzene rings is 2. The number of fused-ring (bicyclic) bond motifs is 1. The summed E-state index contributed by atoms with van der Waals surface area (Å²) >= 11 is 0.